The molecule has 4 amide bonds. The lowest BCUT2D eigenvalue weighted by Crippen LogP contribution is -2.42. The number of carbonyl (C=O) groups is 5. The van der Waals surface area contributed by atoms with Crippen molar-refractivity contribution in [3.63, 3.8) is 0 Å². The Morgan fingerprint density at radius 3 is 1.69 bits per heavy atom. The predicted molar refractivity (Wildman–Crippen MR) is 362 cm³/mol. The molecule has 0 aliphatic carbocycles. The molecule has 4 aromatic heterocycles. The van der Waals surface area contributed by atoms with Crippen LogP contribution in [0.25, 0.3) is 66.5 Å². The maximum absolute atomic E-state index is 14.0. The molecule has 1 unspecified atom stereocenters. The molecule has 0 bridgehead atoms. The number of benzene rings is 8. The van der Waals surface area contributed by atoms with E-state index >= 15 is 0 Å². The molecule has 23 heteroatoms. The highest BCUT2D eigenvalue weighted by Gasteiger charge is 2.36. The molecule has 0 saturated heterocycles. The SMILES string of the molecule is CB(c1ccccc1)n1c(-c2ccc(OC(O)c3ccc4c(c3)C(=O)N(C)C4=O)cc2)c2/c(=C(\C#N)c3cnc4cc(Cl)c(C)cc4n3)n([B]c3ccccc3)c(-c3ccc(OC(=O)c4ccc5c(c4)C(=O)N(C)C5=O)cc3)c2/c1=C(\C#N)c1cnc2cc(Cl)c(Cl)cc2n1. The highest BCUT2D eigenvalue weighted by Crippen LogP contribution is 2.39. The van der Waals surface area contributed by atoms with Crippen molar-refractivity contribution in [1.29, 1.82) is 10.5 Å². The van der Waals surface area contributed by atoms with Gasteiger partial charge in [-0.1, -0.05) is 119 Å². The molecule has 1 N–H and O–H groups in total. The molecule has 14 rings (SSSR count). The summed E-state index contributed by atoms with van der Waals surface area (Å²) in [6.07, 6.45) is 1.40. The second kappa shape index (κ2) is 24.2. The van der Waals surface area contributed by atoms with Crippen LogP contribution < -0.4 is 31.1 Å². The minimum Gasteiger partial charge on any atom is -0.461 e. The Hall–Kier alpha value is -11.5. The van der Waals surface area contributed by atoms with Crippen LogP contribution in [0.1, 0.15) is 80.6 Å². The average Bonchev–Trinajstić information content (AvgIpc) is 1.53. The van der Waals surface area contributed by atoms with Gasteiger partial charge in [0.2, 0.25) is 6.29 Å². The van der Waals surface area contributed by atoms with E-state index in [-0.39, 0.29) is 77.5 Å². The van der Waals surface area contributed by atoms with E-state index < -0.39 is 42.7 Å². The zero-order valence-electron chi connectivity index (χ0n) is 50.5. The summed E-state index contributed by atoms with van der Waals surface area (Å²) < 4.78 is 16.1. The normalized spacial score (nSPS) is 13.6. The summed E-state index contributed by atoms with van der Waals surface area (Å²) in [5, 5.41) is 38.2. The summed E-state index contributed by atoms with van der Waals surface area (Å²) >= 11 is 19.8. The van der Waals surface area contributed by atoms with E-state index in [4.69, 9.17) is 64.2 Å². The lowest BCUT2D eigenvalue weighted by atomic mass is 9.57. The smallest absolute Gasteiger partial charge is 0.343 e. The monoisotopic (exact) mass is 1300 g/mol. The largest absolute Gasteiger partial charge is 0.461 e. The maximum Gasteiger partial charge on any atom is 0.343 e. The molecular formula is C72H44B2Cl3N10O8. The van der Waals surface area contributed by atoms with Crippen molar-refractivity contribution in [2.45, 2.75) is 20.0 Å². The van der Waals surface area contributed by atoms with E-state index in [9.17, 15) is 39.6 Å². The molecule has 0 spiro atoms. The van der Waals surface area contributed by atoms with Gasteiger partial charge in [0.25, 0.3) is 37.9 Å². The van der Waals surface area contributed by atoms with Crippen LogP contribution in [-0.4, -0.2) is 102 Å². The summed E-state index contributed by atoms with van der Waals surface area (Å²) in [4.78, 5) is 87.4. The highest BCUT2D eigenvalue weighted by molar-refractivity contribution is 6.71. The number of aromatic nitrogens is 6. The fraction of sp³-hybridized carbons (Fsp3) is 0.0694. The molecule has 95 heavy (non-hydrogen) atoms. The minimum absolute atomic E-state index is 0.0313. The van der Waals surface area contributed by atoms with Gasteiger partial charge in [0.05, 0.1) is 83.0 Å². The number of carbonyl (C=O) groups excluding carboxylic acids is 5. The quantitative estimate of drug-likeness (QED) is 0.0371. The molecule has 8 aromatic carbocycles. The number of aliphatic hydroxyl groups excluding tert-OH is 1. The molecule has 6 heterocycles. The van der Waals surface area contributed by atoms with E-state index in [0.29, 0.717) is 76.5 Å². The van der Waals surface area contributed by atoms with Crippen molar-refractivity contribution >= 4 is 134 Å². The topological polar surface area (TPSA) is 240 Å². The Morgan fingerprint density at radius 2 is 1.08 bits per heavy atom. The number of ether oxygens (including phenoxy) is 2. The number of halogens is 3. The second-order valence-corrected chi connectivity index (χ2v) is 23.9. The van der Waals surface area contributed by atoms with Crippen LogP contribution in [0.4, 0.5) is 0 Å². The number of fused-ring (bicyclic) bond motifs is 5. The van der Waals surface area contributed by atoms with Gasteiger partial charge in [-0.3, -0.25) is 38.9 Å². The number of esters is 1. The van der Waals surface area contributed by atoms with Gasteiger partial charge in [-0.05, 0) is 127 Å². The number of aryl methyl sites for hydroxylation is 1. The molecule has 18 nitrogen and oxygen atoms in total. The van der Waals surface area contributed by atoms with Crippen LogP contribution in [0.15, 0.2) is 182 Å². The van der Waals surface area contributed by atoms with Gasteiger partial charge in [-0.25, -0.2) is 14.8 Å². The predicted octanol–water partition coefficient (Wildman–Crippen LogP) is 10.3. The van der Waals surface area contributed by atoms with E-state index in [1.54, 1.807) is 72.8 Å². The third kappa shape index (κ3) is 10.6. The third-order valence-corrected chi connectivity index (χ3v) is 18.1. The molecular weight excluding hydrogens is 1260 g/mol. The Labute approximate surface area is 556 Å². The van der Waals surface area contributed by atoms with E-state index in [1.807, 2.05) is 90.8 Å². The average molecular weight is 1310 g/mol. The van der Waals surface area contributed by atoms with E-state index in [2.05, 4.69) is 12.1 Å². The van der Waals surface area contributed by atoms with Crippen molar-refractivity contribution < 1.29 is 38.6 Å². The fourth-order valence-corrected chi connectivity index (χ4v) is 12.6. The first kappa shape index (κ1) is 61.0. The minimum atomic E-state index is -1.59. The lowest BCUT2D eigenvalue weighted by molar-refractivity contribution is -0.0194. The van der Waals surface area contributed by atoms with Crippen molar-refractivity contribution in [3.05, 3.63) is 258 Å². The molecule has 2 aliphatic rings. The van der Waals surface area contributed by atoms with Crippen molar-refractivity contribution in [2.24, 2.45) is 0 Å². The number of rotatable bonds is 13. The van der Waals surface area contributed by atoms with Gasteiger partial charge >= 0.3 is 5.97 Å². The first-order valence-electron chi connectivity index (χ1n) is 29.5. The van der Waals surface area contributed by atoms with E-state index in [0.717, 1.165) is 20.8 Å². The Kier molecular flexibility index (Phi) is 15.5. The van der Waals surface area contributed by atoms with Crippen molar-refractivity contribution in [1.82, 2.24) is 38.7 Å². The number of aliphatic hydroxyl groups is 1. The number of hydrogen-bond donors (Lipinski definition) is 1. The summed E-state index contributed by atoms with van der Waals surface area (Å²) in [6.45, 7) is 3.18. The Morgan fingerprint density at radius 1 is 0.579 bits per heavy atom. The van der Waals surface area contributed by atoms with Crippen molar-refractivity contribution in [2.75, 3.05) is 14.1 Å². The van der Waals surface area contributed by atoms with Crippen molar-refractivity contribution in [3.8, 4) is 46.2 Å². The number of nitrogens with zero attached hydrogens (tertiary/aromatic N) is 10. The Bertz CT molecular complexity index is 5560. The zero-order chi connectivity index (χ0) is 66.2. The van der Waals surface area contributed by atoms with Gasteiger partial charge in [0.1, 0.15) is 46.2 Å². The second-order valence-electron chi connectivity index (χ2n) is 22.7. The first-order chi connectivity index (χ1) is 45.9. The van der Waals surface area contributed by atoms with Crippen LogP contribution in [0.5, 0.6) is 11.5 Å². The number of amides is 4. The first-order valence-corrected chi connectivity index (χ1v) is 30.6. The zero-order valence-corrected chi connectivity index (χ0v) is 52.7. The van der Waals surface area contributed by atoms with Crippen LogP contribution in [0, 0.1) is 29.6 Å². The van der Waals surface area contributed by atoms with Gasteiger partial charge in [-0.15, -0.1) is 0 Å². The molecule has 0 saturated carbocycles. The van der Waals surface area contributed by atoms with Crippen LogP contribution in [0.3, 0.4) is 0 Å². The highest BCUT2D eigenvalue weighted by atomic mass is 35.5. The fourth-order valence-electron chi connectivity index (χ4n) is 12.2. The molecule has 1 radical (unpaired) electrons. The summed E-state index contributed by atoms with van der Waals surface area (Å²) in [6, 6.07) is 53.0. The summed E-state index contributed by atoms with van der Waals surface area (Å²) in [5.74, 6) is -2.50. The molecule has 0 fully saturated rings. The molecule has 2 aliphatic heterocycles. The summed E-state index contributed by atoms with van der Waals surface area (Å²) in [5.41, 5.74) is 7.07. The molecule has 457 valence electrons. The molecule has 1 atom stereocenters. The van der Waals surface area contributed by atoms with Gasteiger partial charge < -0.3 is 23.5 Å². The van der Waals surface area contributed by atoms with Gasteiger partial charge in [-0.2, -0.15) is 10.5 Å². The van der Waals surface area contributed by atoms with Crippen LogP contribution in [0.2, 0.25) is 21.9 Å². The Balaban J connectivity index is 1.09. The standard InChI is InChI=1S/C72H44B2Cl3N10O8/c1-37-27-57-55(30-52(37)75)80-35-59(82-57)50(33-78)65-62-61(63(86(65)73-42-11-7-5-8-12-42)38-15-21-44(22-16-38)94-71(92)40-19-25-46-48(28-40)69(90)84(3)67(46)88)66(51(34-79)60-36-81-56-31-53(76)54(77)32-58(56)83-60)87(74(2)43-13-9-6-10-14-43)64(62)39-17-23-45(24-18-39)95-72(93)41-20-26-47-49(29-41)70(91)85(4)68(47)89/h5-32,35-36,72,93H,1-4H3/b65-50-,66-51-. The number of imide groups is 2. The molecule has 12 aromatic rings. The van der Waals surface area contributed by atoms with Gasteiger partial charge in [0, 0.05) is 46.8 Å². The van der Waals surface area contributed by atoms with Crippen LogP contribution in [-0.2, 0) is 0 Å². The summed E-state index contributed by atoms with van der Waals surface area (Å²) in [7, 11) is 4.63. The lowest BCUT2D eigenvalue weighted by Gasteiger charge is -2.20. The van der Waals surface area contributed by atoms with Gasteiger partial charge in [0.15, 0.2) is 0 Å². The maximum atomic E-state index is 14.0. The third-order valence-electron chi connectivity index (χ3n) is 17.0. The van der Waals surface area contributed by atoms with Crippen LogP contribution >= 0.6 is 34.8 Å². The number of hydrogen-bond acceptors (Lipinski definition) is 14. The number of nitriles is 2. The van der Waals surface area contributed by atoms with E-state index in [1.165, 1.54) is 62.9 Å².